The zero-order valence-electron chi connectivity index (χ0n) is 19.7. The summed E-state index contributed by atoms with van der Waals surface area (Å²) in [7, 11) is 2.73. The summed E-state index contributed by atoms with van der Waals surface area (Å²) in [6.45, 7) is 2.13. The third kappa shape index (κ3) is 5.40. The monoisotopic (exact) mass is 481 g/mol. The number of aromatic nitrogens is 3. The number of ether oxygens (including phenoxy) is 2. The number of nitrogens with zero attached hydrogens (tertiary/aromatic N) is 3. The number of carbonyl (C=O) groups excluding carboxylic acids is 2. The van der Waals surface area contributed by atoms with Gasteiger partial charge in [0.1, 0.15) is 17.3 Å². The van der Waals surface area contributed by atoms with Crippen molar-refractivity contribution in [3.8, 4) is 5.75 Å². The highest BCUT2D eigenvalue weighted by molar-refractivity contribution is 6.06. The van der Waals surface area contributed by atoms with Crippen molar-refractivity contribution in [2.75, 3.05) is 24.9 Å². The number of rotatable bonds is 9. The Kier molecular flexibility index (Phi) is 8.03. The highest BCUT2D eigenvalue weighted by Crippen LogP contribution is 2.26. The first kappa shape index (κ1) is 25.2. The third-order valence-electron chi connectivity index (χ3n) is 5.39. The van der Waals surface area contributed by atoms with E-state index in [4.69, 9.17) is 10.5 Å². The van der Waals surface area contributed by atoms with E-state index in [-0.39, 0.29) is 35.9 Å². The molecule has 0 saturated heterocycles. The number of nitrogen functional groups attached to an aromatic ring is 1. The van der Waals surface area contributed by atoms with Gasteiger partial charge in [-0.05, 0) is 24.6 Å². The Labute approximate surface area is 201 Å². The maximum absolute atomic E-state index is 13.6. The van der Waals surface area contributed by atoms with Crippen LogP contribution >= 0.6 is 0 Å². The molecule has 3 aromatic rings. The SMILES string of the molecule is CCCCn1c(N)c(N(Cc2ccccc2OC)C(=O)c2ccc(C(=O)OC)cn2)c(=O)[nH]c1=O. The summed E-state index contributed by atoms with van der Waals surface area (Å²) in [6.07, 6.45) is 2.64. The summed E-state index contributed by atoms with van der Waals surface area (Å²) in [5.74, 6) is -0.911. The quantitative estimate of drug-likeness (QED) is 0.440. The van der Waals surface area contributed by atoms with Crippen molar-refractivity contribution in [1.29, 1.82) is 0 Å². The molecule has 2 aromatic heterocycles. The molecule has 0 aliphatic heterocycles. The second-order valence-electron chi connectivity index (χ2n) is 7.63. The van der Waals surface area contributed by atoms with Crippen LogP contribution in [0.4, 0.5) is 11.5 Å². The number of H-pyrrole nitrogens is 1. The molecule has 0 unspecified atom stereocenters. The molecule has 11 nitrogen and oxygen atoms in total. The minimum Gasteiger partial charge on any atom is -0.496 e. The predicted molar refractivity (Wildman–Crippen MR) is 130 cm³/mol. The summed E-state index contributed by atoms with van der Waals surface area (Å²) >= 11 is 0. The van der Waals surface area contributed by atoms with Gasteiger partial charge in [0.25, 0.3) is 11.5 Å². The van der Waals surface area contributed by atoms with Gasteiger partial charge in [0, 0.05) is 18.3 Å². The Morgan fingerprint density at radius 3 is 2.51 bits per heavy atom. The molecule has 1 aromatic carbocycles. The minimum atomic E-state index is -0.810. The maximum atomic E-state index is 13.6. The van der Waals surface area contributed by atoms with Gasteiger partial charge in [0.2, 0.25) is 0 Å². The van der Waals surface area contributed by atoms with Crippen molar-refractivity contribution in [1.82, 2.24) is 14.5 Å². The largest absolute Gasteiger partial charge is 0.496 e. The van der Waals surface area contributed by atoms with E-state index < -0.39 is 23.1 Å². The van der Waals surface area contributed by atoms with Gasteiger partial charge in [-0.1, -0.05) is 31.5 Å². The number of esters is 1. The molecule has 3 N–H and O–H groups in total. The molecule has 0 atom stereocenters. The summed E-state index contributed by atoms with van der Waals surface area (Å²) < 4.78 is 11.3. The van der Waals surface area contributed by atoms with Crippen LogP contribution in [-0.2, 0) is 17.8 Å². The lowest BCUT2D eigenvalue weighted by atomic mass is 10.1. The van der Waals surface area contributed by atoms with Crippen LogP contribution in [0.25, 0.3) is 0 Å². The van der Waals surface area contributed by atoms with E-state index in [1.54, 1.807) is 24.3 Å². The van der Waals surface area contributed by atoms with Crippen molar-refractivity contribution in [2.24, 2.45) is 0 Å². The highest BCUT2D eigenvalue weighted by Gasteiger charge is 2.27. The number of nitrogens with one attached hydrogen (secondary N) is 1. The number of para-hydroxylation sites is 1. The number of hydrogen-bond acceptors (Lipinski definition) is 8. The van der Waals surface area contributed by atoms with E-state index >= 15 is 0 Å². The van der Waals surface area contributed by atoms with Crippen LogP contribution in [0, 0.1) is 0 Å². The Morgan fingerprint density at radius 1 is 1.14 bits per heavy atom. The number of hydrogen-bond donors (Lipinski definition) is 2. The number of pyridine rings is 1. The van der Waals surface area contributed by atoms with E-state index in [0.717, 1.165) is 11.3 Å². The molecule has 11 heteroatoms. The van der Waals surface area contributed by atoms with Crippen molar-refractivity contribution >= 4 is 23.4 Å². The van der Waals surface area contributed by atoms with Gasteiger partial charge in [0.05, 0.1) is 26.3 Å². The Balaban J connectivity index is 2.16. The fraction of sp³-hybridized carbons (Fsp3) is 0.292. The standard InChI is InChI=1S/C24H27N5O6/c1-4-5-12-28-20(25)19(21(30)27-24(28)33)29(14-16-8-6-7-9-18(16)34-2)22(31)17-11-10-15(13-26-17)23(32)35-3/h6-11,13H,4-5,12,14,25H2,1-3H3,(H,27,30,33). The van der Waals surface area contributed by atoms with Gasteiger partial charge in [-0.3, -0.25) is 29.0 Å². The van der Waals surface area contributed by atoms with E-state index in [9.17, 15) is 19.2 Å². The van der Waals surface area contributed by atoms with Crippen LogP contribution in [0.5, 0.6) is 5.75 Å². The average molecular weight is 482 g/mol. The number of aromatic amines is 1. The summed E-state index contributed by atoms with van der Waals surface area (Å²) in [5.41, 5.74) is 5.34. The Hall–Kier alpha value is -4.41. The number of nitrogens with two attached hydrogens (primary N) is 1. The summed E-state index contributed by atoms with van der Waals surface area (Å²) in [4.78, 5) is 58.2. The van der Waals surface area contributed by atoms with Gasteiger partial charge < -0.3 is 15.2 Å². The van der Waals surface area contributed by atoms with E-state index in [0.29, 0.717) is 17.7 Å². The molecule has 184 valence electrons. The number of unbranched alkanes of at least 4 members (excludes halogenated alkanes) is 1. The second kappa shape index (κ2) is 11.1. The average Bonchev–Trinajstić information content (AvgIpc) is 2.87. The molecular weight excluding hydrogens is 454 g/mol. The summed E-state index contributed by atoms with van der Waals surface area (Å²) in [6, 6.07) is 9.74. The molecule has 0 spiro atoms. The normalized spacial score (nSPS) is 10.6. The first-order chi connectivity index (χ1) is 16.8. The van der Waals surface area contributed by atoms with Gasteiger partial charge in [-0.15, -0.1) is 0 Å². The van der Waals surface area contributed by atoms with E-state index in [1.807, 2.05) is 6.92 Å². The molecule has 0 fully saturated rings. The molecule has 3 rings (SSSR count). The van der Waals surface area contributed by atoms with Crippen molar-refractivity contribution < 1.29 is 19.1 Å². The lowest BCUT2D eigenvalue weighted by molar-refractivity contribution is 0.0599. The molecule has 1 amide bonds. The molecule has 0 aliphatic carbocycles. The number of amides is 1. The summed E-state index contributed by atoms with van der Waals surface area (Å²) in [5, 5.41) is 0. The van der Waals surface area contributed by atoms with Crippen LogP contribution in [0.2, 0.25) is 0 Å². The van der Waals surface area contributed by atoms with Gasteiger partial charge in [-0.25, -0.2) is 9.59 Å². The van der Waals surface area contributed by atoms with Crippen LogP contribution in [0.1, 0.15) is 46.2 Å². The van der Waals surface area contributed by atoms with Gasteiger partial charge in [0.15, 0.2) is 5.69 Å². The zero-order chi connectivity index (χ0) is 25.5. The smallest absolute Gasteiger partial charge is 0.339 e. The van der Waals surface area contributed by atoms with Crippen LogP contribution in [-0.4, -0.2) is 40.6 Å². The van der Waals surface area contributed by atoms with Crippen LogP contribution in [0.15, 0.2) is 52.2 Å². The molecular formula is C24H27N5O6. The fourth-order valence-corrected chi connectivity index (χ4v) is 3.53. The number of carbonyl (C=O) groups is 2. The molecule has 0 saturated carbocycles. The number of benzene rings is 1. The molecule has 2 heterocycles. The van der Waals surface area contributed by atoms with Crippen molar-refractivity contribution in [3.05, 3.63) is 80.3 Å². The van der Waals surface area contributed by atoms with Crippen molar-refractivity contribution in [2.45, 2.75) is 32.9 Å². The maximum Gasteiger partial charge on any atom is 0.339 e. The number of methoxy groups -OCH3 is 2. The van der Waals surface area contributed by atoms with Crippen molar-refractivity contribution in [3.63, 3.8) is 0 Å². The molecule has 0 aliphatic rings. The lowest BCUT2D eigenvalue weighted by Gasteiger charge is -2.25. The Morgan fingerprint density at radius 2 is 1.89 bits per heavy atom. The van der Waals surface area contributed by atoms with E-state index in [1.165, 1.54) is 37.1 Å². The van der Waals surface area contributed by atoms with Gasteiger partial charge in [-0.2, -0.15) is 0 Å². The van der Waals surface area contributed by atoms with Gasteiger partial charge >= 0.3 is 11.7 Å². The molecule has 35 heavy (non-hydrogen) atoms. The Bertz CT molecular complexity index is 1330. The van der Waals surface area contributed by atoms with E-state index in [2.05, 4.69) is 14.7 Å². The minimum absolute atomic E-state index is 0.0438. The number of anilines is 2. The first-order valence-corrected chi connectivity index (χ1v) is 10.9. The first-order valence-electron chi connectivity index (χ1n) is 10.9. The molecule has 0 bridgehead atoms. The highest BCUT2D eigenvalue weighted by atomic mass is 16.5. The van der Waals surface area contributed by atoms with Crippen LogP contribution < -0.4 is 26.6 Å². The lowest BCUT2D eigenvalue weighted by Crippen LogP contribution is -2.41. The predicted octanol–water partition coefficient (Wildman–Crippen LogP) is 1.96. The van der Waals surface area contributed by atoms with Crippen LogP contribution in [0.3, 0.4) is 0 Å². The molecule has 0 radical (unpaired) electrons. The third-order valence-corrected chi connectivity index (χ3v) is 5.39. The fourth-order valence-electron chi connectivity index (χ4n) is 3.53. The topological polar surface area (TPSA) is 150 Å². The second-order valence-corrected chi connectivity index (χ2v) is 7.63. The zero-order valence-corrected chi connectivity index (χ0v) is 19.7.